The third-order valence-corrected chi connectivity index (χ3v) is 3.44. The molecule has 0 aliphatic heterocycles. The molecule has 2 aromatic rings. The van der Waals surface area contributed by atoms with Crippen LogP contribution < -0.4 is 10.2 Å². The number of aryl methyl sites for hydroxylation is 1. The van der Waals surface area contributed by atoms with Gasteiger partial charge in [0.25, 0.3) is 0 Å². The third kappa shape index (κ3) is 4.35. The van der Waals surface area contributed by atoms with Gasteiger partial charge in [0, 0.05) is 38.6 Å². The number of benzene rings is 1. The maximum Gasteiger partial charge on any atom is 0.0541 e. The molecule has 20 heavy (non-hydrogen) atoms. The minimum Gasteiger partial charge on any atom is -0.373 e. The smallest absolute Gasteiger partial charge is 0.0541 e. The van der Waals surface area contributed by atoms with Gasteiger partial charge in [-0.2, -0.15) is 0 Å². The fourth-order valence-corrected chi connectivity index (χ4v) is 2.08. The Morgan fingerprint density at radius 2 is 1.90 bits per heavy atom. The molecule has 0 amide bonds. The lowest BCUT2D eigenvalue weighted by atomic mass is 10.1. The Morgan fingerprint density at radius 1 is 1.10 bits per heavy atom. The van der Waals surface area contributed by atoms with E-state index in [0.717, 1.165) is 31.7 Å². The summed E-state index contributed by atoms with van der Waals surface area (Å²) >= 11 is 0. The summed E-state index contributed by atoms with van der Waals surface area (Å²) in [6.45, 7) is 4.94. The molecule has 1 heterocycles. The molecular formula is C17H23N3. The lowest BCUT2D eigenvalue weighted by Gasteiger charge is -2.19. The van der Waals surface area contributed by atoms with Crippen LogP contribution in [0.15, 0.2) is 48.7 Å². The first-order valence-corrected chi connectivity index (χ1v) is 7.20. The highest BCUT2D eigenvalue weighted by Gasteiger charge is 2.00. The number of hydrogen-bond donors (Lipinski definition) is 1. The van der Waals surface area contributed by atoms with Crippen LogP contribution in [0.5, 0.6) is 0 Å². The van der Waals surface area contributed by atoms with E-state index < -0.39 is 0 Å². The van der Waals surface area contributed by atoms with E-state index in [1.807, 2.05) is 24.4 Å². The van der Waals surface area contributed by atoms with Crippen LogP contribution in [0.4, 0.5) is 5.69 Å². The van der Waals surface area contributed by atoms with Crippen molar-refractivity contribution < 1.29 is 0 Å². The molecule has 0 bridgehead atoms. The zero-order chi connectivity index (χ0) is 14.2. The summed E-state index contributed by atoms with van der Waals surface area (Å²) in [4.78, 5) is 6.57. The second kappa shape index (κ2) is 7.65. The van der Waals surface area contributed by atoms with E-state index in [2.05, 4.69) is 53.4 Å². The monoisotopic (exact) mass is 269 g/mol. The van der Waals surface area contributed by atoms with Gasteiger partial charge in [-0.15, -0.1) is 0 Å². The van der Waals surface area contributed by atoms with Gasteiger partial charge in [-0.05, 0) is 36.2 Å². The Balaban J connectivity index is 1.73. The summed E-state index contributed by atoms with van der Waals surface area (Å²) in [6, 6.07) is 14.8. The zero-order valence-corrected chi connectivity index (χ0v) is 12.3. The average molecular weight is 269 g/mol. The van der Waals surface area contributed by atoms with Crippen molar-refractivity contribution >= 4 is 5.69 Å². The van der Waals surface area contributed by atoms with Crippen LogP contribution in [0.1, 0.15) is 18.2 Å². The maximum atomic E-state index is 4.30. The van der Waals surface area contributed by atoms with Crippen LogP contribution in [0, 0.1) is 0 Å². The molecule has 0 aliphatic carbocycles. The van der Waals surface area contributed by atoms with Gasteiger partial charge in [0.1, 0.15) is 0 Å². The predicted molar refractivity (Wildman–Crippen MR) is 85.0 cm³/mol. The van der Waals surface area contributed by atoms with E-state index in [9.17, 15) is 0 Å². The van der Waals surface area contributed by atoms with Gasteiger partial charge >= 0.3 is 0 Å². The van der Waals surface area contributed by atoms with Gasteiger partial charge < -0.3 is 10.2 Å². The Bertz CT molecular complexity index is 493. The molecule has 3 heteroatoms. The minimum absolute atomic E-state index is 0.823. The van der Waals surface area contributed by atoms with E-state index in [1.54, 1.807) is 0 Å². The molecule has 0 saturated heterocycles. The number of likely N-dealkylation sites (N-methyl/N-ethyl adjacent to an activating group) is 1. The van der Waals surface area contributed by atoms with Gasteiger partial charge in [0.15, 0.2) is 0 Å². The average Bonchev–Trinajstić information content (AvgIpc) is 2.52. The molecule has 0 spiro atoms. The SMILES string of the molecule is CCc1ccc(N(C)CCNCc2ccccn2)cc1. The van der Waals surface area contributed by atoms with Gasteiger partial charge in [-0.1, -0.05) is 25.1 Å². The van der Waals surface area contributed by atoms with Crippen LogP contribution in [0.2, 0.25) is 0 Å². The predicted octanol–water partition coefficient (Wildman–Crippen LogP) is 2.87. The number of aromatic nitrogens is 1. The molecule has 0 unspecified atom stereocenters. The van der Waals surface area contributed by atoms with Crippen LogP contribution >= 0.6 is 0 Å². The van der Waals surface area contributed by atoms with Crippen molar-refractivity contribution in [2.45, 2.75) is 19.9 Å². The van der Waals surface area contributed by atoms with Crippen molar-refractivity contribution in [1.82, 2.24) is 10.3 Å². The highest BCUT2D eigenvalue weighted by atomic mass is 15.1. The van der Waals surface area contributed by atoms with E-state index >= 15 is 0 Å². The summed E-state index contributed by atoms with van der Waals surface area (Å²) in [5, 5.41) is 3.42. The Hall–Kier alpha value is -1.87. The summed E-state index contributed by atoms with van der Waals surface area (Å²) in [6.07, 6.45) is 2.92. The van der Waals surface area contributed by atoms with Crippen molar-refractivity contribution in [2.24, 2.45) is 0 Å². The summed E-state index contributed by atoms with van der Waals surface area (Å²) in [5.74, 6) is 0. The standard InChI is InChI=1S/C17H23N3/c1-3-15-7-9-17(10-8-15)20(2)13-12-18-14-16-6-4-5-11-19-16/h4-11,18H,3,12-14H2,1-2H3. The minimum atomic E-state index is 0.823. The molecule has 0 saturated carbocycles. The molecule has 3 nitrogen and oxygen atoms in total. The molecule has 1 aromatic heterocycles. The van der Waals surface area contributed by atoms with E-state index in [-0.39, 0.29) is 0 Å². The van der Waals surface area contributed by atoms with Crippen LogP contribution in [-0.2, 0) is 13.0 Å². The second-order valence-corrected chi connectivity index (χ2v) is 4.94. The third-order valence-electron chi connectivity index (χ3n) is 3.44. The Morgan fingerprint density at radius 3 is 2.55 bits per heavy atom. The highest BCUT2D eigenvalue weighted by molar-refractivity contribution is 5.46. The van der Waals surface area contributed by atoms with Crippen LogP contribution in [-0.4, -0.2) is 25.1 Å². The number of nitrogens with one attached hydrogen (secondary N) is 1. The number of rotatable bonds is 7. The summed E-state index contributed by atoms with van der Waals surface area (Å²) in [7, 11) is 2.13. The number of anilines is 1. The molecule has 1 N–H and O–H groups in total. The second-order valence-electron chi connectivity index (χ2n) is 4.94. The van der Waals surface area contributed by atoms with Gasteiger partial charge in [-0.3, -0.25) is 4.98 Å². The van der Waals surface area contributed by atoms with Crippen molar-refractivity contribution in [1.29, 1.82) is 0 Å². The van der Waals surface area contributed by atoms with E-state index in [4.69, 9.17) is 0 Å². The van der Waals surface area contributed by atoms with E-state index in [0.29, 0.717) is 0 Å². The maximum absolute atomic E-state index is 4.30. The zero-order valence-electron chi connectivity index (χ0n) is 12.3. The first-order valence-electron chi connectivity index (χ1n) is 7.20. The number of nitrogens with zero attached hydrogens (tertiary/aromatic N) is 2. The lowest BCUT2D eigenvalue weighted by molar-refractivity contribution is 0.669. The van der Waals surface area contributed by atoms with E-state index in [1.165, 1.54) is 11.3 Å². The van der Waals surface area contributed by atoms with Crippen molar-refractivity contribution in [2.75, 3.05) is 25.0 Å². The summed E-state index contributed by atoms with van der Waals surface area (Å²) in [5.41, 5.74) is 3.74. The fraction of sp³-hybridized carbons (Fsp3) is 0.353. The molecule has 0 fully saturated rings. The molecule has 2 rings (SSSR count). The number of pyridine rings is 1. The van der Waals surface area contributed by atoms with Crippen molar-refractivity contribution in [3.63, 3.8) is 0 Å². The first-order chi connectivity index (χ1) is 9.79. The highest BCUT2D eigenvalue weighted by Crippen LogP contribution is 2.13. The van der Waals surface area contributed by atoms with Crippen LogP contribution in [0.25, 0.3) is 0 Å². The van der Waals surface area contributed by atoms with Gasteiger partial charge in [0.2, 0.25) is 0 Å². The molecule has 106 valence electrons. The first kappa shape index (κ1) is 14.5. The molecule has 0 atom stereocenters. The Labute approximate surface area is 121 Å². The normalized spacial score (nSPS) is 10.5. The quantitative estimate of drug-likeness (QED) is 0.783. The topological polar surface area (TPSA) is 28.2 Å². The molecule has 0 aliphatic rings. The van der Waals surface area contributed by atoms with Crippen molar-refractivity contribution in [3.05, 3.63) is 59.9 Å². The van der Waals surface area contributed by atoms with Gasteiger partial charge in [0.05, 0.1) is 5.69 Å². The molecular weight excluding hydrogens is 246 g/mol. The fourth-order valence-electron chi connectivity index (χ4n) is 2.08. The number of hydrogen-bond acceptors (Lipinski definition) is 3. The molecule has 1 aromatic carbocycles. The van der Waals surface area contributed by atoms with Gasteiger partial charge in [-0.25, -0.2) is 0 Å². The largest absolute Gasteiger partial charge is 0.373 e. The Kier molecular flexibility index (Phi) is 5.56. The van der Waals surface area contributed by atoms with Crippen molar-refractivity contribution in [3.8, 4) is 0 Å². The molecule has 0 radical (unpaired) electrons. The summed E-state index contributed by atoms with van der Waals surface area (Å²) < 4.78 is 0. The lowest BCUT2D eigenvalue weighted by Crippen LogP contribution is -2.29. The van der Waals surface area contributed by atoms with Crippen LogP contribution in [0.3, 0.4) is 0 Å².